The quantitative estimate of drug-likeness (QED) is 0.863. The summed E-state index contributed by atoms with van der Waals surface area (Å²) in [6.07, 6.45) is 1.07. The summed E-state index contributed by atoms with van der Waals surface area (Å²) >= 11 is 0. The fourth-order valence-corrected chi connectivity index (χ4v) is 4.77. The Morgan fingerprint density at radius 3 is 2.80 bits per heavy atom. The van der Waals surface area contributed by atoms with Crippen LogP contribution in [0.3, 0.4) is 0 Å². The van der Waals surface area contributed by atoms with Gasteiger partial charge < -0.3 is 14.5 Å². The molecule has 2 atom stereocenters. The van der Waals surface area contributed by atoms with Crippen molar-refractivity contribution in [2.24, 2.45) is 11.3 Å². The molecule has 1 amide bonds. The first-order chi connectivity index (χ1) is 12.1. The number of benzene rings is 2. The van der Waals surface area contributed by atoms with E-state index < -0.39 is 0 Å². The average Bonchev–Trinajstić information content (AvgIpc) is 3.18. The minimum Gasteiger partial charge on any atom is -0.384 e. The predicted octanol–water partition coefficient (Wildman–Crippen LogP) is 2.88. The number of amides is 1. The first-order valence-electron chi connectivity index (χ1n) is 9.07. The monoisotopic (exact) mass is 338 g/mol. The third-order valence-electron chi connectivity index (χ3n) is 6.02. The van der Waals surface area contributed by atoms with Crippen LogP contribution in [0.5, 0.6) is 0 Å². The van der Waals surface area contributed by atoms with Crippen LogP contribution in [0, 0.1) is 11.3 Å². The van der Waals surface area contributed by atoms with E-state index in [-0.39, 0.29) is 11.3 Å². The van der Waals surface area contributed by atoms with Crippen LogP contribution in [-0.2, 0) is 4.74 Å². The number of hydrogen-bond donors (Lipinski definition) is 0. The summed E-state index contributed by atoms with van der Waals surface area (Å²) in [7, 11) is 3.95. The second-order valence-corrected chi connectivity index (χ2v) is 7.75. The molecule has 0 bridgehead atoms. The van der Waals surface area contributed by atoms with Gasteiger partial charge in [0.15, 0.2) is 0 Å². The number of fused-ring (bicyclic) bond motifs is 1. The highest BCUT2D eigenvalue weighted by atomic mass is 16.5. The molecule has 4 nitrogen and oxygen atoms in total. The molecular weight excluding hydrogens is 312 g/mol. The molecule has 4 heteroatoms. The van der Waals surface area contributed by atoms with Crippen LogP contribution >= 0.6 is 0 Å². The minimum atomic E-state index is 0.161. The number of hydrogen-bond acceptors (Lipinski definition) is 3. The van der Waals surface area contributed by atoms with Crippen LogP contribution in [0.2, 0.25) is 0 Å². The van der Waals surface area contributed by atoms with Crippen LogP contribution < -0.4 is 0 Å². The van der Waals surface area contributed by atoms with Gasteiger partial charge >= 0.3 is 0 Å². The molecule has 25 heavy (non-hydrogen) atoms. The van der Waals surface area contributed by atoms with Gasteiger partial charge in [-0.1, -0.05) is 30.3 Å². The van der Waals surface area contributed by atoms with Gasteiger partial charge in [0.25, 0.3) is 5.91 Å². The Bertz CT molecular complexity index is 790. The van der Waals surface area contributed by atoms with E-state index in [2.05, 4.69) is 24.1 Å². The van der Waals surface area contributed by atoms with Gasteiger partial charge in [-0.15, -0.1) is 0 Å². The largest absolute Gasteiger partial charge is 0.384 e. The summed E-state index contributed by atoms with van der Waals surface area (Å²) < 4.78 is 5.46. The van der Waals surface area contributed by atoms with Crippen molar-refractivity contribution in [3.8, 4) is 0 Å². The highest BCUT2D eigenvalue weighted by molar-refractivity contribution is 5.98. The van der Waals surface area contributed by atoms with Crippen molar-refractivity contribution < 1.29 is 9.53 Å². The third kappa shape index (κ3) is 2.94. The SMILES string of the molecule is COC[C@H]1CN(C)C[C@@]12CCN(C(=O)c1ccc3ccccc3c1)C2. The molecule has 0 aromatic heterocycles. The maximum absolute atomic E-state index is 13.1. The Labute approximate surface area is 149 Å². The number of rotatable bonds is 3. The van der Waals surface area contributed by atoms with Gasteiger partial charge in [0, 0.05) is 50.2 Å². The summed E-state index contributed by atoms with van der Waals surface area (Å²) in [6, 6.07) is 14.2. The van der Waals surface area contributed by atoms with Crippen LogP contribution in [-0.4, -0.2) is 62.7 Å². The van der Waals surface area contributed by atoms with Crippen molar-refractivity contribution in [1.82, 2.24) is 9.80 Å². The number of nitrogens with zero attached hydrogens (tertiary/aromatic N) is 2. The number of carbonyl (C=O) groups excluding carboxylic acids is 1. The number of likely N-dealkylation sites (tertiary alicyclic amines) is 2. The van der Waals surface area contributed by atoms with E-state index in [1.165, 1.54) is 5.39 Å². The summed E-state index contributed by atoms with van der Waals surface area (Å²) in [5.74, 6) is 0.672. The molecule has 2 aromatic carbocycles. The van der Waals surface area contributed by atoms with Crippen molar-refractivity contribution in [2.45, 2.75) is 6.42 Å². The molecule has 0 saturated carbocycles. The van der Waals surface area contributed by atoms with Crippen LogP contribution in [0.4, 0.5) is 0 Å². The molecule has 2 heterocycles. The van der Waals surface area contributed by atoms with E-state index in [1.54, 1.807) is 7.11 Å². The molecule has 0 unspecified atom stereocenters. The Balaban J connectivity index is 1.55. The molecule has 0 N–H and O–H groups in total. The van der Waals surface area contributed by atoms with Crippen molar-refractivity contribution in [3.63, 3.8) is 0 Å². The normalized spacial score (nSPS) is 26.8. The molecule has 2 fully saturated rings. The number of methoxy groups -OCH3 is 1. The molecule has 0 aliphatic carbocycles. The van der Waals surface area contributed by atoms with E-state index >= 15 is 0 Å². The second-order valence-electron chi connectivity index (χ2n) is 7.75. The summed E-state index contributed by atoms with van der Waals surface area (Å²) in [5.41, 5.74) is 0.988. The lowest BCUT2D eigenvalue weighted by atomic mass is 9.77. The lowest BCUT2D eigenvalue weighted by Gasteiger charge is -2.30. The standard InChI is InChI=1S/C21H26N2O2/c1-22-12-19(13-25-2)21(14-22)9-10-23(15-21)20(24)18-8-7-16-5-3-4-6-17(16)11-18/h3-8,11,19H,9-10,12-15H2,1-2H3/t19-,21-/m1/s1. The van der Waals surface area contributed by atoms with Gasteiger partial charge in [0.2, 0.25) is 0 Å². The molecule has 2 aromatic rings. The zero-order valence-electron chi connectivity index (χ0n) is 15.1. The maximum atomic E-state index is 13.1. The van der Waals surface area contributed by atoms with Crippen molar-refractivity contribution in [3.05, 3.63) is 48.0 Å². The Hall–Kier alpha value is -1.91. The van der Waals surface area contributed by atoms with E-state index in [9.17, 15) is 4.79 Å². The van der Waals surface area contributed by atoms with Crippen LogP contribution in [0.15, 0.2) is 42.5 Å². The fraction of sp³-hybridized carbons (Fsp3) is 0.476. The molecule has 0 radical (unpaired) electrons. The van der Waals surface area contributed by atoms with Crippen molar-refractivity contribution in [2.75, 3.05) is 46.9 Å². The van der Waals surface area contributed by atoms with Crippen molar-refractivity contribution >= 4 is 16.7 Å². The topological polar surface area (TPSA) is 32.8 Å². The summed E-state index contributed by atoms with van der Waals surface area (Å²) in [6.45, 7) is 4.59. The third-order valence-corrected chi connectivity index (χ3v) is 6.02. The highest BCUT2D eigenvalue weighted by Gasteiger charge is 2.50. The number of ether oxygens (including phenoxy) is 1. The Morgan fingerprint density at radius 2 is 2.00 bits per heavy atom. The minimum absolute atomic E-state index is 0.161. The summed E-state index contributed by atoms with van der Waals surface area (Å²) in [4.78, 5) is 17.5. The average molecular weight is 338 g/mol. The lowest BCUT2D eigenvalue weighted by Crippen LogP contribution is -2.38. The van der Waals surface area contributed by atoms with Gasteiger partial charge in [-0.2, -0.15) is 0 Å². The predicted molar refractivity (Wildman–Crippen MR) is 99.8 cm³/mol. The van der Waals surface area contributed by atoms with Crippen LogP contribution in [0.25, 0.3) is 10.8 Å². The van der Waals surface area contributed by atoms with E-state index in [0.717, 1.165) is 50.2 Å². The van der Waals surface area contributed by atoms with Gasteiger partial charge in [0.1, 0.15) is 0 Å². The first-order valence-corrected chi connectivity index (χ1v) is 9.07. The molecule has 2 aliphatic rings. The Kier molecular flexibility index (Phi) is 4.26. The first kappa shape index (κ1) is 16.6. The Morgan fingerprint density at radius 1 is 1.20 bits per heavy atom. The summed E-state index contributed by atoms with van der Waals surface area (Å²) in [5, 5.41) is 2.30. The molecule has 2 saturated heterocycles. The van der Waals surface area contributed by atoms with E-state index in [0.29, 0.717) is 5.92 Å². The molecule has 4 rings (SSSR count). The maximum Gasteiger partial charge on any atom is 0.253 e. The molecular formula is C21H26N2O2. The van der Waals surface area contributed by atoms with Gasteiger partial charge in [-0.05, 0) is 36.4 Å². The van der Waals surface area contributed by atoms with Gasteiger partial charge in [-0.25, -0.2) is 0 Å². The number of carbonyl (C=O) groups is 1. The highest BCUT2D eigenvalue weighted by Crippen LogP contribution is 2.43. The second kappa shape index (κ2) is 6.43. The molecule has 1 spiro atoms. The zero-order valence-corrected chi connectivity index (χ0v) is 15.1. The van der Waals surface area contributed by atoms with Crippen molar-refractivity contribution in [1.29, 1.82) is 0 Å². The molecule has 132 valence electrons. The van der Waals surface area contributed by atoms with Crippen LogP contribution in [0.1, 0.15) is 16.8 Å². The van der Waals surface area contributed by atoms with Gasteiger partial charge in [0.05, 0.1) is 6.61 Å². The zero-order chi connectivity index (χ0) is 17.4. The van der Waals surface area contributed by atoms with Gasteiger partial charge in [-0.3, -0.25) is 4.79 Å². The van der Waals surface area contributed by atoms with E-state index in [1.807, 2.05) is 35.2 Å². The smallest absolute Gasteiger partial charge is 0.253 e. The fourth-order valence-electron chi connectivity index (χ4n) is 4.77. The van der Waals surface area contributed by atoms with E-state index in [4.69, 9.17) is 4.74 Å². The lowest BCUT2D eigenvalue weighted by molar-refractivity contribution is 0.0716. The molecule has 2 aliphatic heterocycles.